The van der Waals surface area contributed by atoms with E-state index in [4.69, 9.17) is 4.84 Å². The summed E-state index contributed by atoms with van der Waals surface area (Å²) in [6.45, 7) is 2.08. The monoisotopic (exact) mass is 261 g/mol. The minimum atomic E-state index is -0.824. The summed E-state index contributed by atoms with van der Waals surface area (Å²) in [5.74, 6) is -0.148. The van der Waals surface area contributed by atoms with Crippen molar-refractivity contribution in [3.05, 3.63) is 47.2 Å². The Morgan fingerprint density at radius 2 is 2.11 bits per heavy atom. The average Bonchev–Trinajstić information content (AvgIpc) is 2.42. The fraction of sp³-hybridized carbons (Fsp3) is 0.400. The van der Waals surface area contributed by atoms with Gasteiger partial charge in [-0.25, -0.2) is 0 Å². The highest BCUT2D eigenvalue weighted by atomic mass is 16.6. The third-order valence-electron chi connectivity index (χ3n) is 3.54. The number of rotatable bonds is 5. The van der Waals surface area contributed by atoms with Gasteiger partial charge >= 0.3 is 0 Å². The lowest BCUT2D eigenvalue weighted by Crippen LogP contribution is -2.46. The zero-order valence-electron chi connectivity index (χ0n) is 11.3. The van der Waals surface area contributed by atoms with Crippen molar-refractivity contribution in [1.29, 1.82) is 0 Å². The zero-order chi connectivity index (χ0) is 13.9. The molecule has 1 atom stereocenters. The first-order valence-corrected chi connectivity index (χ1v) is 6.51. The Labute approximate surface area is 113 Å². The Bertz CT molecular complexity index is 510. The second-order valence-corrected chi connectivity index (χ2v) is 4.75. The molecular weight excluding hydrogens is 242 g/mol. The van der Waals surface area contributed by atoms with Crippen molar-refractivity contribution < 1.29 is 14.7 Å². The van der Waals surface area contributed by atoms with Gasteiger partial charge in [0.25, 0.3) is 0 Å². The fourth-order valence-corrected chi connectivity index (χ4v) is 2.57. The third kappa shape index (κ3) is 2.29. The van der Waals surface area contributed by atoms with E-state index in [1.165, 1.54) is 13.2 Å². The van der Waals surface area contributed by atoms with Crippen molar-refractivity contribution in [3.63, 3.8) is 0 Å². The fourth-order valence-electron chi connectivity index (χ4n) is 2.57. The standard InChI is InChI=1S/C15H19NO3/c1-3-4-9-15(16-19-2)12-8-6-5-7-11(12)13(17)10-14(15)18/h5-8,10,16,18H,3-4,9H2,1-2H3. The number of ketones is 1. The number of aliphatic hydroxyl groups excluding tert-OH is 1. The van der Waals surface area contributed by atoms with E-state index in [2.05, 4.69) is 12.4 Å². The third-order valence-corrected chi connectivity index (χ3v) is 3.54. The molecule has 4 nitrogen and oxygen atoms in total. The molecule has 1 unspecified atom stereocenters. The van der Waals surface area contributed by atoms with Crippen molar-refractivity contribution in [1.82, 2.24) is 5.48 Å². The molecule has 1 aromatic rings. The quantitative estimate of drug-likeness (QED) is 0.800. The van der Waals surface area contributed by atoms with Crippen LogP contribution < -0.4 is 5.48 Å². The summed E-state index contributed by atoms with van der Waals surface area (Å²) in [6, 6.07) is 7.32. The van der Waals surface area contributed by atoms with Gasteiger partial charge in [-0.05, 0) is 12.0 Å². The van der Waals surface area contributed by atoms with Crippen LogP contribution in [0.15, 0.2) is 36.1 Å². The molecule has 1 aliphatic rings. The predicted octanol–water partition coefficient (Wildman–Crippen LogP) is 2.86. The lowest BCUT2D eigenvalue weighted by molar-refractivity contribution is 0.00190. The smallest absolute Gasteiger partial charge is 0.189 e. The Kier molecular flexibility index (Phi) is 4.02. The molecule has 4 heteroatoms. The molecule has 0 bridgehead atoms. The van der Waals surface area contributed by atoms with E-state index >= 15 is 0 Å². The molecule has 2 rings (SSSR count). The summed E-state index contributed by atoms with van der Waals surface area (Å²) in [5, 5.41) is 10.3. The zero-order valence-corrected chi connectivity index (χ0v) is 11.3. The van der Waals surface area contributed by atoms with Crippen molar-refractivity contribution >= 4 is 5.78 Å². The summed E-state index contributed by atoms with van der Waals surface area (Å²) in [5.41, 5.74) is 3.45. The van der Waals surface area contributed by atoms with E-state index in [1.54, 1.807) is 6.07 Å². The van der Waals surface area contributed by atoms with Crippen LogP contribution in [0.3, 0.4) is 0 Å². The number of benzene rings is 1. The van der Waals surface area contributed by atoms with Gasteiger partial charge in [-0.1, -0.05) is 44.0 Å². The second kappa shape index (κ2) is 5.55. The lowest BCUT2D eigenvalue weighted by Gasteiger charge is -2.37. The van der Waals surface area contributed by atoms with E-state index in [-0.39, 0.29) is 11.5 Å². The summed E-state index contributed by atoms with van der Waals surface area (Å²) in [4.78, 5) is 17.0. The van der Waals surface area contributed by atoms with Gasteiger partial charge in [0.05, 0.1) is 7.11 Å². The molecular formula is C15H19NO3. The Morgan fingerprint density at radius 3 is 2.79 bits per heavy atom. The number of hydrogen-bond donors (Lipinski definition) is 2. The second-order valence-electron chi connectivity index (χ2n) is 4.75. The van der Waals surface area contributed by atoms with Crippen molar-refractivity contribution in [3.8, 4) is 0 Å². The number of fused-ring (bicyclic) bond motifs is 1. The number of nitrogens with one attached hydrogen (secondary N) is 1. The molecule has 2 N–H and O–H groups in total. The average molecular weight is 261 g/mol. The van der Waals surface area contributed by atoms with E-state index in [0.29, 0.717) is 12.0 Å². The van der Waals surface area contributed by atoms with Crippen molar-refractivity contribution in [2.24, 2.45) is 0 Å². The first-order valence-electron chi connectivity index (χ1n) is 6.51. The molecule has 0 heterocycles. The molecule has 0 radical (unpaired) electrons. The highest BCUT2D eigenvalue weighted by Gasteiger charge is 2.42. The van der Waals surface area contributed by atoms with Crippen LogP contribution in [0.2, 0.25) is 0 Å². The minimum Gasteiger partial charge on any atom is -0.510 e. The Morgan fingerprint density at radius 1 is 1.37 bits per heavy atom. The van der Waals surface area contributed by atoms with Crippen molar-refractivity contribution in [2.75, 3.05) is 7.11 Å². The van der Waals surface area contributed by atoms with Gasteiger partial charge in [0.1, 0.15) is 11.3 Å². The Hall–Kier alpha value is -1.65. The van der Waals surface area contributed by atoms with Crippen LogP contribution in [0.1, 0.15) is 42.1 Å². The summed E-state index contributed by atoms with van der Waals surface area (Å²) >= 11 is 0. The molecule has 0 aliphatic heterocycles. The van der Waals surface area contributed by atoms with Gasteiger partial charge in [0.2, 0.25) is 0 Å². The summed E-state index contributed by atoms with van der Waals surface area (Å²) in [6.07, 6.45) is 3.86. The van der Waals surface area contributed by atoms with Crippen LogP contribution >= 0.6 is 0 Å². The molecule has 0 saturated carbocycles. The van der Waals surface area contributed by atoms with Gasteiger partial charge in [0.15, 0.2) is 5.78 Å². The van der Waals surface area contributed by atoms with Gasteiger partial charge in [-0.15, -0.1) is 0 Å². The number of hydrogen-bond acceptors (Lipinski definition) is 4. The van der Waals surface area contributed by atoms with Crippen LogP contribution in [0.5, 0.6) is 0 Å². The van der Waals surface area contributed by atoms with Crippen LogP contribution in [0, 0.1) is 0 Å². The molecule has 1 aliphatic carbocycles. The first-order chi connectivity index (χ1) is 9.15. The van der Waals surface area contributed by atoms with Gasteiger partial charge < -0.3 is 9.94 Å². The molecule has 0 spiro atoms. The molecule has 0 amide bonds. The molecule has 0 aromatic heterocycles. The van der Waals surface area contributed by atoms with Crippen LogP contribution in [0.25, 0.3) is 0 Å². The van der Waals surface area contributed by atoms with E-state index < -0.39 is 5.54 Å². The van der Waals surface area contributed by atoms with E-state index in [9.17, 15) is 9.90 Å². The topological polar surface area (TPSA) is 58.6 Å². The summed E-state index contributed by atoms with van der Waals surface area (Å²) < 4.78 is 0. The number of carbonyl (C=O) groups is 1. The van der Waals surface area contributed by atoms with Gasteiger partial charge in [0, 0.05) is 11.6 Å². The SMILES string of the molecule is CCCCC1(NOC)C(O)=CC(=O)c2ccccc21. The minimum absolute atomic E-state index is 0.0199. The number of aliphatic hydroxyl groups is 1. The normalized spacial score (nSPS) is 22.0. The lowest BCUT2D eigenvalue weighted by atomic mass is 9.76. The van der Waals surface area contributed by atoms with E-state index in [0.717, 1.165) is 18.4 Å². The molecule has 19 heavy (non-hydrogen) atoms. The van der Waals surface area contributed by atoms with Crippen molar-refractivity contribution in [2.45, 2.75) is 31.7 Å². The summed E-state index contributed by atoms with van der Waals surface area (Å²) in [7, 11) is 1.51. The van der Waals surface area contributed by atoms with Gasteiger partial charge in [-0.2, -0.15) is 5.48 Å². The number of allylic oxidation sites excluding steroid dienone is 1. The predicted molar refractivity (Wildman–Crippen MR) is 72.8 cm³/mol. The maximum atomic E-state index is 12.0. The maximum Gasteiger partial charge on any atom is 0.189 e. The molecule has 1 aromatic carbocycles. The van der Waals surface area contributed by atoms with Gasteiger partial charge in [-0.3, -0.25) is 4.79 Å². The highest BCUT2D eigenvalue weighted by Crippen LogP contribution is 2.39. The molecule has 0 saturated heterocycles. The first kappa shape index (κ1) is 13.8. The van der Waals surface area contributed by atoms with Crippen LogP contribution in [-0.2, 0) is 10.4 Å². The highest BCUT2D eigenvalue weighted by molar-refractivity contribution is 6.07. The maximum absolute atomic E-state index is 12.0. The van der Waals surface area contributed by atoms with Crippen LogP contribution in [0.4, 0.5) is 0 Å². The largest absolute Gasteiger partial charge is 0.510 e. The molecule has 0 fully saturated rings. The number of carbonyl (C=O) groups excluding carboxylic acids is 1. The molecule has 102 valence electrons. The Balaban J connectivity index is 2.55. The van der Waals surface area contributed by atoms with E-state index in [1.807, 2.05) is 18.2 Å². The number of hydroxylamine groups is 1. The number of unbranched alkanes of at least 4 members (excludes halogenated alkanes) is 1. The van der Waals surface area contributed by atoms with Crippen LogP contribution in [-0.4, -0.2) is 18.0 Å².